The number of hydrogen-bond acceptors (Lipinski definition) is 8. The van der Waals surface area contributed by atoms with Gasteiger partial charge in [-0.05, 0) is 12.5 Å². The summed E-state index contributed by atoms with van der Waals surface area (Å²) in [4.78, 5) is 68.0. The lowest BCUT2D eigenvalue weighted by molar-refractivity contribution is -0.145. The van der Waals surface area contributed by atoms with Crippen LogP contribution in [0.1, 0.15) is 24.6 Å². The highest BCUT2D eigenvalue weighted by molar-refractivity contribution is 5.95. The van der Waals surface area contributed by atoms with Crippen LogP contribution in [0.15, 0.2) is 42.9 Å². The summed E-state index contributed by atoms with van der Waals surface area (Å²) in [5.41, 5.74) is 11.9. The van der Waals surface area contributed by atoms with Crippen LogP contribution in [0.25, 0.3) is 0 Å². The monoisotopic (exact) mass is 517 g/mol. The number of aromatic nitrogens is 2. The zero-order chi connectivity index (χ0) is 27.5. The number of aliphatic carboxylic acids is 1. The maximum absolute atomic E-state index is 13.3. The van der Waals surface area contributed by atoms with Gasteiger partial charge in [0, 0.05) is 24.7 Å². The average molecular weight is 518 g/mol. The summed E-state index contributed by atoms with van der Waals surface area (Å²) in [5.74, 6) is -4.72. The van der Waals surface area contributed by atoms with E-state index in [4.69, 9.17) is 11.5 Å². The molecule has 0 aliphatic rings. The standard InChI is InChI=1S/C23H31N7O7/c1-12(31)19(23(36)37)30-22(35)17(8-14-10-26-11-27-14)29-21(34)16(7-13-5-3-2-4-6-13)28-20(33)15(24)9-18(25)32/h2-6,10-12,15-17,19,31H,7-9,24H2,1H3,(H2,25,32)(H,26,27)(H,28,33)(H,29,34)(H,30,35)(H,36,37). The number of primary amides is 1. The highest BCUT2D eigenvalue weighted by Crippen LogP contribution is 2.07. The van der Waals surface area contributed by atoms with Crippen LogP contribution in [0.3, 0.4) is 0 Å². The first-order valence-corrected chi connectivity index (χ1v) is 11.3. The van der Waals surface area contributed by atoms with Crippen molar-refractivity contribution < 1.29 is 34.2 Å². The number of hydrogen-bond donors (Lipinski definition) is 8. The molecule has 0 spiro atoms. The second-order valence-corrected chi connectivity index (χ2v) is 8.44. The zero-order valence-electron chi connectivity index (χ0n) is 20.1. The van der Waals surface area contributed by atoms with Crippen molar-refractivity contribution in [3.63, 3.8) is 0 Å². The summed E-state index contributed by atoms with van der Waals surface area (Å²) in [6, 6.07) is 3.26. The van der Waals surface area contributed by atoms with Crippen LogP contribution in [0, 0.1) is 0 Å². The number of rotatable bonds is 14. The highest BCUT2D eigenvalue weighted by atomic mass is 16.4. The Morgan fingerprint density at radius 1 is 0.973 bits per heavy atom. The van der Waals surface area contributed by atoms with Crippen LogP contribution in [-0.2, 0) is 36.8 Å². The van der Waals surface area contributed by atoms with Gasteiger partial charge in [-0.25, -0.2) is 9.78 Å². The number of carboxylic acids is 1. The van der Waals surface area contributed by atoms with Crippen LogP contribution < -0.4 is 27.4 Å². The van der Waals surface area contributed by atoms with E-state index in [2.05, 4.69) is 25.9 Å². The van der Waals surface area contributed by atoms with Crippen molar-refractivity contribution >= 4 is 29.6 Å². The minimum absolute atomic E-state index is 0.0194. The van der Waals surface area contributed by atoms with Crippen LogP contribution in [0.2, 0.25) is 0 Å². The molecule has 5 atom stereocenters. The first-order chi connectivity index (χ1) is 17.5. The first kappa shape index (κ1) is 28.9. The average Bonchev–Trinajstić information content (AvgIpc) is 3.34. The van der Waals surface area contributed by atoms with Crippen molar-refractivity contribution in [1.82, 2.24) is 25.9 Å². The molecule has 1 aromatic carbocycles. The highest BCUT2D eigenvalue weighted by Gasteiger charge is 2.32. The lowest BCUT2D eigenvalue weighted by Crippen LogP contribution is -2.59. The summed E-state index contributed by atoms with van der Waals surface area (Å²) in [5, 5.41) is 26.2. The maximum atomic E-state index is 13.3. The van der Waals surface area contributed by atoms with Crippen LogP contribution in [0.5, 0.6) is 0 Å². The number of carboxylic acid groups (broad SMARTS) is 1. The number of carbonyl (C=O) groups excluding carboxylic acids is 4. The zero-order valence-corrected chi connectivity index (χ0v) is 20.1. The second kappa shape index (κ2) is 13.7. The Hall–Kier alpha value is -4.30. The molecule has 0 aliphatic heterocycles. The Bertz CT molecular complexity index is 1080. The fourth-order valence-corrected chi connectivity index (χ4v) is 3.39. The van der Waals surface area contributed by atoms with Gasteiger partial charge in [-0.15, -0.1) is 0 Å². The van der Waals surface area contributed by atoms with Gasteiger partial charge in [-0.2, -0.15) is 0 Å². The van der Waals surface area contributed by atoms with Gasteiger partial charge in [0.15, 0.2) is 6.04 Å². The Kier molecular flexibility index (Phi) is 10.7. The Balaban J connectivity index is 2.27. The number of H-pyrrole nitrogens is 1. The normalized spacial score (nSPS) is 14.9. The van der Waals surface area contributed by atoms with Gasteiger partial charge >= 0.3 is 5.97 Å². The molecule has 2 rings (SSSR count). The van der Waals surface area contributed by atoms with Crippen molar-refractivity contribution in [1.29, 1.82) is 0 Å². The minimum atomic E-state index is -1.62. The number of aliphatic hydroxyl groups is 1. The molecular weight excluding hydrogens is 486 g/mol. The Morgan fingerprint density at radius 3 is 2.11 bits per heavy atom. The van der Waals surface area contributed by atoms with E-state index in [-0.39, 0.29) is 12.8 Å². The number of aromatic amines is 1. The molecule has 14 nitrogen and oxygen atoms in total. The molecule has 2 aromatic rings. The molecule has 37 heavy (non-hydrogen) atoms. The van der Waals surface area contributed by atoms with Crippen molar-refractivity contribution in [2.45, 2.75) is 56.5 Å². The first-order valence-electron chi connectivity index (χ1n) is 11.3. The molecule has 5 unspecified atom stereocenters. The summed E-state index contributed by atoms with van der Waals surface area (Å²) in [7, 11) is 0. The third-order valence-electron chi connectivity index (χ3n) is 5.33. The lowest BCUT2D eigenvalue weighted by Gasteiger charge is -2.25. The summed E-state index contributed by atoms with van der Waals surface area (Å²) in [6.45, 7) is 1.20. The quantitative estimate of drug-likeness (QED) is 0.130. The van der Waals surface area contributed by atoms with Crippen molar-refractivity contribution in [2.24, 2.45) is 11.5 Å². The van der Waals surface area contributed by atoms with E-state index in [1.165, 1.54) is 19.4 Å². The number of nitrogens with zero attached hydrogens (tertiary/aromatic N) is 1. The van der Waals surface area contributed by atoms with E-state index in [1.807, 2.05) is 0 Å². The van der Waals surface area contributed by atoms with E-state index in [0.717, 1.165) is 0 Å². The number of nitrogens with two attached hydrogens (primary N) is 2. The number of imidazole rings is 1. The smallest absolute Gasteiger partial charge is 0.328 e. The van der Waals surface area contributed by atoms with E-state index in [9.17, 15) is 34.2 Å². The molecule has 0 radical (unpaired) electrons. The predicted octanol–water partition coefficient (Wildman–Crippen LogP) is -2.68. The van der Waals surface area contributed by atoms with E-state index in [1.54, 1.807) is 30.3 Å². The molecule has 0 saturated heterocycles. The second-order valence-electron chi connectivity index (χ2n) is 8.44. The van der Waals surface area contributed by atoms with Gasteiger partial charge in [0.1, 0.15) is 12.1 Å². The van der Waals surface area contributed by atoms with Gasteiger partial charge in [-0.3, -0.25) is 19.2 Å². The third kappa shape index (κ3) is 9.35. The number of nitrogens with one attached hydrogen (secondary N) is 4. The van der Waals surface area contributed by atoms with Gasteiger partial charge in [0.05, 0.1) is 24.9 Å². The third-order valence-corrected chi connectivity index (χ3v) is 5.33. The molecule has 0 fully saturated rings. The molecule has 200 valence electrons. The summed E-state index contributed by atoms with van der Waals surface area (Å²) in [6.07, 6.45) is 0.846. The van der Waals surface area contributed by atoms with Crippen LogP contribution >= 0.6 is 0 Å². The number of carbonyl (C=O) groups is 5. The SMILES string of the molecule is CC(O)C(NC(=O)C(Cc1cnc[nH]1)NC(=O)C(Cc1ccccc1)NC(=O)C(N)CC(N)=O)C(=O)O. The molecule has 1 aromatic heterocycles. The van der Waals surface area contributed by atoms with Crippen molar-refractivity contribution in [2.75, 3.05) is 0 Å². The predicted molar refractivity (Wildman–Crippen MR) is 129 cm³/mol. The molecular formula is C23H31N7O7. The van der Waals surface area contributed by atoms with Crippen LogP contribution in [-0.4, -0.2) is 80.1 Å². The summed E-state index contributed by atoms with van der Waals surface area (Å²) < 4.78 is 0. The Morgan fingerprint density at radius 2 is 1.57 bits per heavy atom. The van der Waals surface area contributed by atoms with E-state index < -0.39 is 66.3 Å². The fraction of sp³-hybridized carbons (Fsp3) is 0.391. The van der Waals surface area contributed by atoms with Crippen molar-refractivity contribution in [3.05, 3.63) is 54.1 Å². The Labute approximate surface area is 212 Å². The lowest BCUT2D eigenvalue weighted by atomic mass is 10.0. The van der Waals surface area contributed by atoms with E-state index in [0.29, 0.717) is 11.3 Å². The maximum Gasteiger partial charge on any atom is 0.328 e. The van der Waals surface area contributed by atoms with Crippen LogP contribution in [0.4, 0.5) is 0 Å². The van der Waals surface area contributed by atoms with Gasteiger partial charge in [0.25, 0.3) is 0 Å². The topological polar surface area (TPSA) is 243 Å². The molecule has 0 aliphatic carbocycles. The molecule has 10 N–H and O–H groups in total. The molecule has 0 bridgehead atoms. The van der Waals surface area contributed by atoms with Gasteiger partial charge in [0.2, 0.25) is 23.6 Å². The largest absolute Gasteiger partial charge is 0.480 e. The van der Waals surface area contributed by atoms with E-state index >= 15 is 0 Å². The van der Waals surface area contributed by atoms with Crippen molar-refractivity contribution in [3.8, 4) is 0 Å². The van der Waals surface area contributed by atoms with Gasteiger partial charge in [-0.1, -0.05) is 30.3 Å². The number of amides is 4. The molecule has 14 heteroatoms. The fourth-order valence-electron chi connectivity index (χ4n) is 3.39. The number of benzene rings is 1. The van der Waals surface area contributed by atoms with Gasteiger partial charge < -0.3 is 42.6 Å². The molecule has 4 amide bonds. The number of aliphatic hydroxyl groups excluding tert-OH is 1. The molecule has 1 heterocycles. The summed E-state index contributed by atoms with van der Waals surface area (Å²) >= 11 is 0. The molecule has 0 saturated carbocycles. The minimum Gasteiger partial charge on any atom is -0.480 e.